The second-order valence-electron chi connectivity index (χ2n) is 9.56. The van der Waals surface area contributed by atoms with E-state index < -0.39 is 6.04 Å². The van der Waals surface area contributed by atoms with Gasteiger partial charge in [0.1, 0.15) is 17.3 Å². The lowest BCUT2D eigenvalue weighted by atomic mass is 10.1. The third-order valence-corrected chi connectivity index (χ3v) is 6.79. The minimum absolute atomic E-state index is 0.168. The van der Waals surface area contributed by atoms with Crippen LogP contribution in [0.25, 0.3) is 16.6 Å². The number of hydrogen-bond acceptors (Lipinski definition) is 5. The van der Waals surface area contributed by atoms with Crippen LogP contribution in [0, 0.1) is 5.92 Å². The zero-order valence-corrected chi connectivity index (χ0v) is 23.0. The van der Waals surface area contributed by atoms with Gasteiger partial charge in [0, 0.05) is 17.1 Å². The SMILES string of the molecule is COc1ccc(-n2c(C(C)N(CCC(C)C)C(=O)c3cccc(OC)c3)nc3cc(Cl)ccc3c2=O)cc1. The molecule has 4 aromatic rings. The van der Waals surface area contributed by atoms with Gasteiger partial charge >= 0.3 is 0 Å². The molecule has 0 spiro atoms. The molecule has 3 aromatic carbocycles. The van der Waals surface area contributed by atoms with E-state index in [-0.39, 0.29) is 11.5 Å². The number of nitrogens with zero attached hydrogens (tertiary/aromatic N) is 3. The molecule has 0 saturated heterocycles. The Balaban J connectivity index is 1.91. The van der Waals surface area contributed by atoms with Gasteiger partial charge in [-0.25, -0.2) is 4.98 Å². The molecular formula is C30H32ClN3O4. The maximum atomic E-state index is 13.9. The Bertz CT molecular complexity index is 1500. The standard InChI is InChI=1S/C30H32ClN3O4/c1-19(2)15-16-33(29(35)21-7-6-8-25(17-21)38-5)20(3)28-32-27-18-22(31)9-14-26(27)30(36)34(28)23-10-12-24(37-4)13-11-23/h6-14,17-20H,15-16H2,1-5H3. The van der Waals surface area contributed by atoms with Crippen LogP contribution in [-0.2, 0) is 0 Å². The van der Waals surface area contributed by atoms with E-state index in [1.807, 2.05) is 19.1 Å². The van der Waals surface area contributed by atoms with Crippen molar-refractivity contribution in [3.8, 4) is 17.2 Å². The maximum absolute atomic E-state index is 13.9. The van der Waals surface area contributed by atoms with Crippen LogP contribution in [0.4, 0.5) is 0 Å². The van der Waals surface area contributed by atoms with E-state index in [1.54, 1.807) is 78.3 Å². The summed E-state index contributed by atoms with van der Waals surface area (Å²) in [5.41, 5.74) is 1.37. The first kappa shape index (κ1) is 27.2. The number of carbonyl (C=O) groups excluding carboxylic acids is 1. The predicted molar refractivity (Wildman–Crippen MR) is 151 cm³/mol. The summed E-state index contributed by atoms with van der Waals surface area (Å²) in [7, 11) is 3.16. The van der Waals surface area contributed by atoms with Crippen molar-refractivity contribution in [1.29, 1.82) is 0 Å². The monoisotopic (exact) mass is 533 g/mol. The smallest absolute Gasteiger partial charge is 0.266 e. The number of hydrogen-bond donors (Lipinski definition) is 0. The Labute approximate surface area is 227 Å². The van der Waals surface area contributed by atoms with Crippen LogP contribution in [0.2, 0.25) is 5.02 Å². The quantitative estimate of drug-likeness (QED) is 0.252. The molecule has 4 rings (SSSR count). The van der Waals surface area contributed by atoms with Crippen LogP contribution in [0.15, 0.2) is 71.5 Å². The van der Waals surface area contributed by atoms with E-state index in [2.05, 4.69) is 13.8 Å². The van der Waals surface area contributed by atoms with Gasteiger partial charge in [-0.1, -0.05) is 31.5 Å². The van der Waals surface area contributed by atoms with Crippen molar-refractivity contribution >= 4 is 28.4 Å². The van der Waals surface area contributed by atoms with Gasteiger partial charge in [0.15, 0.2) is 0 Å². The fraction of sp³-hybridized carbons (Fsp3) is 0.300. The van der Waals surface area contributed by atoms with Gasteiger partial charge in [-0.05, 0) is 79.9 Å². The zero-order chi connectivity index (χ0) is 27.4. The van der Waals surface area contributed by atoms with Crippen LogP contribution >= 0.6 is 11.6 Å². The first-order chi connectivity index (χ1) is 18.2. The summed E-state index contributed by atoms with van der Waals surface area (Å²) in [4.78, 5) is 34.4. The number of benzene rings is 3. The summed E-state index contributed by atoms with van der Waals surface area (Å²) in [5.74, 6) is 1.91. The first-order valence-corrected chi connectivity index (χ1v) is 12.9. The molecule has 0 N–H and O–H groups in total. The molecule has 0 radical (unpaired) electrons. The Morgan fingerprint density at radius 2 is 1.68 bits per heavy atom. The van der Waals surface area contributed by atoms with E-state index in [0.717, 1.165) is 6.42 Å². The molecule has 1 unspecified atom stereocenters. The molecule has 0 fully saturated rings. The fourth-order valence-electron chi connectivity index (χ4n) is 4.37. The molecule has 0 bridgehead atoms. The van der Waals surface area contributed by atoms with Crippen LogP contribution in [0.1, 0.15) is 49.4 Å². The number of aromatic nitrogens is 2. The topological polar surface area (TPSA) is 73.7 Å². The number of rotatable bonds is 9. The molecule has 0 aliphatic carbocycles. The molecule has 198 valence electrons. The zero-order valence-electron chi connectivity index (χ0n) is 22.3. The summed E-state index contributed by atoms with van der Waals surface area (Å²) in [6.45, 7) is 6.61. The van der Waals surface area contributed by atoms with Gasteiger partial charge in [-0.15, -0.1) is 0 Å². The van der Waals surface area contributed by atoms with E-state index in [4.69, 9.17) is 26.1 Å². The summed E-state index contributed by atoms with van der Waals surface area (Å²) in [5, 5.41) is 0.920. The van der Waals surface area contributed by atoms with Crippen molar-refractivity contribution in [2.45, 2.75) is 33.2 Å². The number of carbonyl (C=O) groups is 1. The summed E-state index contributed by atoms with van der Waals surface area (Å²) < 4.78 is 12.2. The Morgan fingerprint density at radius 3 is 2.34 bits per heavy atom. The van der Waals surface area contributed by atoms with Crippen molar-refractivity contribution in [3.63, 3.8) is 0 Å². The lowest BCUT2D eigenvalue weighted by molar-refractivity contribution is 0.0671. The highest BCUT2D eigenvalue weighted by Gasteiger charge is 2.28. The number of methoxy groups -OCH3 is 2. The average molecular weight is 534 g/mol. The highest BCUT2D eigenvalue weighted by molar-refractivity contribution is 6.31. The van der Waals surface area contributed by atoms with Crippen molar-refractivity contribution in [3.05, 3.63) is 93.5 Å². The van der Waals surface area contributed by atoms with Crippen LogP contribution < -0.4 is 15.0 Å². The van der Waals surface area contributed by atoms with Crippen LogP contribution in [0.3, 0.4) is 0 Å². The van der Waals surface area contributed by atoms with Crippen LogP contribution in [-0.4, -0.2) is 41.1 Å². The van der Waals surface area contributed by atoms with Gasteiger partial charge < -0.3 is 14.4 Å². The Morgan fingerprint density at radius 1 is 0.974 bits per heavy atom. The van der Waals surface area contributed by atoms with Gasteiger partial charge in [0.2, 0.25) is 0 Å². The second kappa shape index (κ2) is 11.7. The minimum atomic E-state index is -0.536. The molecular weight excluding hydrogens is 502 g/mol. The first-order valence-electron chi connectivity index (χ1n) is 12.5. The van der Waals surface area contributed by atoms with Gasteiger partial charge in [0.25, 0.3) is 11.5 Å². The highest BCUT2D eigenvalue weighted by atomic mass is 35.5. The molecule has 38 heavy (non-hydrogen) atoms. The van der Waals surface area contributed by atoms with E-state index in [1.165, 1.54) is 0 Å². The molecule has 1 aromatic heterocycles. The number of halogens is 1. The van der Waals surface area contributed by atoms with Crippen LogP contribution in [0.5, 0.6) is 11.5 Å². The van der Waals surface area contributed by atoms with Crippen molar-refractivity contribution in [2.75, 3.05) is 20.8 Å². The van der Waals surface area contributed by atoms with Gasteiger partial charge in [0.05, 0.1) is 36.9 Å². The number of amides is 1. The third-order valence-electron chi connectivity index (χ3n) is 6.55. The maximum Gasteiger partial charge on any atom is 0.266 e. The van der Waals surface area contributed by atoms with Gasteiger partial charge in [-0.2, -0.15) is 0 Å². The molecule has 1 heterocycles. The highest BCUT2D eigenvalue weighted by Crippen LogP contribution is 2.27. The van der Waals surface area contributed by atoms with Crippen molar-refractivity contribution in [1.82, 2.24) is 14.5 Å². The second-order valence-corrected chi connectivity index (χ2v) is 10.00. The number of fused-ring (bicyclic) bond motifs is 1. The van der Waals surface area contributed by atoms with Gasteiger partial charge in [-0.3, -0.25) is 14.2 Å². The molecule has 0 aliphatic rings. The van der Waals surface area contributed by atoms with E-state index >= 15 is 0 Å². The molecule has 7 nitrogen and oxygen atoms in total. The lowest BCUT2D eigenvalue weighted by Gasteiger charge is -2.31. The average Bonchev–Trinajstić information content (AvgIpc) is 2.92. The molecule has 0 aliphatic heterocycles. The normalized spacial score (nSPS) is 12.0. The Hall–Kier alpha value is -3.84. The number of ether oxygens (including phenoxy) is 2. The van der Waals surface area contributed by atoms with Crippen molar-refractivity contribution < 1.29 is 14.3 Å². The lowest BCUT2D eigenvalue weighted by Crippen LogP contribution is -2.38. The fourth-order valence-corrected chi connectivity index (χ4v) is 4.53. The molecule has 1 amide bonds. The molecule has 0 saturated carbocycles. The van der Waals surface area contributed by atoms with E-state index in [0.29, 0.717) is 57.0 Å². The largest absolute Gasteiger partial charge is 0.497 e. The summed E-state index contributed by atoms with van der Waals surface area (Å²) in [6.07, 6.45) is 0.784. The summed E-state index contributed by atoms with van der Waals surface area (Å²) >= 11 is 6.26. The van der Waals surface area contributed by atoms with E-state index in [9.17, 15) is 9.59 Å². The van der Waals surface area contributed by atoms with Crippen molar-refractivity contribution in [2.24, 2.45) is 5.92 Å². The molecule has 1 atom stereocenters. The Kier molecular flexibility index (Phi) is 8.37. The third kappa shape index (κ3) is 5.68. The molecule has 8 heteroatoms. The predicted octanol–water partition coefficient (Wildman–Crippen LogP) is 6.31. The summed E-state index contributed by atoms with van der Waals surface area (Å²) in [6, 6.07) is 18.8. The minimum Gasteiger partial charge on any atom is -0.497 e.